The van der Waals surface area contributed by atoms with Gasteiger partial charge in [-0.1, -0.05) is 6.92 Å². The van der Waals surface area contributed by atoms with Gasteiger partial charge in [-0.25, -0.2) is 9.98 Å². The Hall–Kier alpha value is -1.13. The maximum Gasteiger partial charge on any atom is 0.189 e. The van der Waals surface area contributed by atoms with E-state index in [2.05, 4.69) is 38.1 Å². The van der Waals surface area contributed by atoms with Crippen LogP contribution in [0, 0.1) is 0 Å². The number of hydrogen-bond acceptors (Lipinski definition) is 5. The molecule has 25 heavy (non-hydrogen) atoms. The molecule has 0 saturated carbocycles. The lowest BCUT2D eigenvalue weighted by molar-refractivity contribution is 0.179. The van der Waals surface area contributed by atoms with Crippen LogP contribution in [0.15, 0.2) is 23.3 Å². The van der Waals surface area contributed by atoms with Gasteiger partial charge in [0.05, 0.1) is 13.2 Å². The predicted octanol–water partition coefficient (Wildman–Crippen LogP) is 1.28. The highest BCUT2D eigenvalue weighted by Gasteiger charge is 2.16. The topological polar surface area (TPSA) is 79.0 Å². The second-order valence-electron chi connectivity index (χ2n) is 6.15. The first-order valence-corrected chi connectivity index (χ1v) is 8.60. The molecule has 3 N–H and O–H groups in total. The van der Waals surface area contributed by atoms with Crippen molar-refractivity contribution in [2.24, 2.45) is 10.7 Å². The summed E-state index contributed by atoms with van der Waals surface area (Å²) in [5.74, 6) is 1.47. The first kappa shape index (κ1) is 21.9. The number of ether oxygens (including phenoxy) is 1. The average molecular weight is 462 g/mol. The number of piperazine rings is 1. The molecule has 7 nitrogen and oxygen atoms in total. The second-order valence-corrected chi connectivity index (χ2v) is 6.15. The third-order valence-corrected chi connectivity index (χ3v) is 4.20. The number of guanidine groups is 1. The van der Waals surface area contributed by atoms with E-state index in [0.29, 0.717) is 19.1 Å². The number of aromatic nitrogens is 1. The van der Waals surface area contributed by atoms with E-state index in [4.69, 9.17) is 10.5 Å². The molecule has 2 heterocycles. The molecule has 0 aliphatic carbocycles. The molecule has 0 radical (unpaired) electrons. The van der Waals surface area contributed by atoms with E-state index >= 15 is 0 Å². The van der Waals surface area contributed by atoms with Crippen molar-refractivity contribution in [1.82, 2.24) is 15.2 Å². The summed E-state index contributed by atoms with van der Waals surface area (Å²) in [6, 6.07) is 4.24. The minimum absolute atomic E-state index is 0. The van der Waals surface area contributed by atoms with Gasteiger partial charge in [-0.05, 0) is 31.2 Å². The van der Waals surface area contributed by atoms with E-state index in [9.17, 15) is 0 Å². The molecule has 1 fully saturated rings. The standard InChI is InChI=1S/C17H30N6O.HI/c1-4-22-7-9-23(10-8-22)16-11-15(5-6-19-16)12-20-17(18)21-14(2)13-24-3;/h5-6,11,14H,4,7-10,12-13H2,1-3H3,(H3,18,20,21);1H. The molecule has 1 aromatic heterocycles. The van der Waals surface area contributed by atoms with Gasteiger partial charge in [0, 0.05) is 45.5 Å². The molecule has 0 bridgehead atoms. The maximum absolute atomic E-state index is 5.92. The summed E-state index contributed by atoms with van der Waals surface area (Å²) in [6.45, 7) is 10.7. The summed E-state index contributed by atoms with van der Waals surface area (Å²) in [5.41, 5.74) is 7.03. The highest BCUT2D eigenvalue weighted by Crippen LogP contribution is 2.15. The lowest BCUT2D eigenvalue weighted by Crippen LogP contribution is -2.46. The Morgan fingerprint density at radius 2 is 2.12 bits per heavy atom. The van der Waals surface area contributed by atoms with Crippen LogP contribution in [0.1, 0.15) is 19.4 Å². The number of hydrogen-bond donors (Lipinski definition) is 2. The Bertz CT molecular complexity index is 534. The van der Waals surface area contributed by atoms with Crippen LogP contribution in [0.3, 0.4) is 0 Å². The SMILES string of the molecule is CCN1CCN(c2cc(CN=C(N)NC(C)COC)ccn2)CC1.I. The highest BCUT2D eigenvalue weighted by molar-refractivity contribution is 14.0. The van der Waals surface area contributed by atoms with Gasteiger partial charge in [-0.2, -0.15) is 0 Å². The Balaban J connectivity index is 0.00000312. The fraction of sp³-hybridized carbons (Fsp3) is 0.647. The van der Waals surface area contributed by atoms with Crippen LogP contribution < -0.4 is 16.0 Å². The van der Waals surface area contributed by atoms with Crippen LogP contribution in [0.2, 0.25) is 0 Å². The van der Waals surface area contributed by atoms with Gasteiger partial charge in [-0.3, -0.25) is 0 Å². The zero-order chi connectivity index (χ0) is 17.4. The first-order chi connectivity index (χ1) is 11.6. The number of methoxy groups -OCH3 is 1. The molecule has 142 valence electrons. The van der Waals surface area contributed by atoms with Crippen molar-refractivity contribution in [1.29, 1.82) is 0 Å². The molecule has 1 aromatic rings. The molecule has 2 rings (SSSR count). The van der Waals surface area contributed by atoms with E-state index in [0.717, 1.165) is 44.1 Å². The number of pyridine rings is 1. The fourth-order valence-electron chi connectivity index (χ4n) is 2.79. The molecular formula is C17H31IN6O. The zero-order valence-corrected chi connectivity index (χ0v) is 17.8. The molecule has 8 heteroatoms. The van der Waals surface area contributed by atoms with Crippen molar-refractivity contribution in [3.63, 3.8) is 0 Å². The van der Waals surface area contributed by atoms with Crippen molar-refractivity contribution < 1.29 is 4.74 Å². The smallest absolute Gasteiger partial charge is 0.189 e. The predicted molar refractivity (Wildman–Crippen MR) is 114 cm³/mol. The molecule has 0 spiro atoms. The molecule has 0 amide bonds. The monoisotopic (exact) mass is 462 g/mol. The third-order valence-electron chi connectivity index (χ3n) is 4.20. The number of rotatable bonds is 7. The first-order valence-electron chi connectivity index (χ1n) is 8.60. The van der Waals surface area contributed by atoms with E-state index in [1.54, 1.807) is 7.11 Å². The number of aliphatic imine (C=N–C) groups is 1. The van der Waals surface area contributed by atoms with Crippen LogP contribution >= 0.6 is 24.0 Å². The lowest BCUT2D eigenvalue weighted by Gasteiger charge is -2.34. The number of halogens is 1. The van der Waals surface area contributed by atoms with Crippen molar-refractivity contribution in [2.75, 3.05) is 51.3 Å². The second kappa shape index (κ2) is 11.5. The Labute approximate surface area is 168 Å². The number of nitrogens with two attached hydrogens (primary N) is 1. The maximum atomic E-state index is 5.92. The lowest BCUT2D eigenvalue weighted by atomic mass is 10.2. The van der Waals surface area contributed by atoms with Gasteiger partial charge in [0.2, 0.25) is 0 Å². The van der Waals surface area contributed by atoms with Gasteiger partial charge in [0.15, 0.2) is 5.96 Å². The number of nitrogens with one attached hydrogen (secondary N) is 1. The van der Waals surface area contributed by atoms with Crippen molar-refractivity contribution >= 4 is 35.8 Å². The van der Waals surface area contributed by atoms with Crippen LogP contribution in [0.4, 0.5) is 5.82 Å². The normalized spacial score (nSPS) is 17.1. The van der Waals surface area contributed by atoms with E-state index in [1.807, 2.05) is 19.2 Å². The summed E-state index contributed by atoms with van der Waals surface area (Å²) in [5, 5.41) is 3.11. The summed E-state index contributed by atoms with van der Waals surface area (Å²) < 4.78 is 5.08. The Morgan fingerprint density at radius 1 is 1.40 bits per heavy atom. The van der Waals surface area contributed by atoms with Crippen molar-refractivity contribution in [2.45, 2.75) is 26.4 Å². The molecule has 0 aromatic carbocycles. The van der Waals surface area contributed by atoms with E-state index < -0.39 is 0 Å². The minimum atomic E-state index is 0. The van der Waals surface area contributed by atoms with Crippen LogP contribution in [-0.4, -0.2) is 68.3 Å². The van der Waals surface area contributed by atoms with E-state index in [-0.39, 0.29) is 30.0 Å². The van der Waals surface area contributed by atoms with Gasteiger partial charge in [0.25, 0.3) is 0 Å². The molecule has 1 unspecified atom stereocenters. The minimum Gasteiger partial charge on any atom is -0.383 e. The van der Waals surface area contributed by atoms with Gasteiger partial charge in [0.1, 0.15) is 5.82 Å². The quantitative estimate of drug-likeness (QED) is 0.361. The molecule has 1 aliphatic heterocycles. The zero-order valence-electron chi connectivity index (χ0n) is 15.4. The summed E-state index contributed by atoms with van der Waals surface area (Å²) >= 11 is 0. The number of anilines is 1. The Kier molecular flexibility index (Phi) is 10.1. The average Bonchev–Trinajstić information content (AvgIpc) is 2.60. The Morgan fingerprint density at radius 3 is 2.76 bits per heavy atom. The van der Waals surface area contributed by atoms with Crippen LogP contribution in [0.25, 0.3) is 0 Å². The summed E-state index contributed by atoms with van der Waals surface area (Å²) in [7, 11) is 1.67. The summed E-state index contributed by atoms with van der Waals surface area (Å²) in [6.07, 6.45) is 1.85. The van der Waals surface area contributed by atoms with Crippen molar-refractivity contribution in [3.8, 4) is 0 Å². The molecule has 1 saturated heterocycles. The van der Waals surface area contributed by atoms with Gasteiger partial charge in [-0.15, -0.1) is 24.0 Å². The summed E-state index contributed by atoms with van der Waals surface area (Å²) in [4.78, 5) is 13.7. The number of likely N-dealkylation sites (N-methyl/N-ethyl adjacent to an activating group) is 1. The number of nitrogens with zero attached hydrogens (tertiary/aromatic N) is 4. The van der Waals surface area contributed by atoms with Crippen molar-refractivity contribution in [3.05, 3.63) is 23.9 Å². The third kappa shape index (κ3) is 7.33. The fourth-order valence-corrected chi connectivity index (χ4v) is 2.79. The molecule has 1 atom stereocenters. The molecular weight excluding hydrogens is 431 g/mol. The molecule has 1 aliphatic rings. The van der Waals surface area contributed by atoms with Gasteiger partial charge < -0.3 is 25.6 Å². The largest absolute Gasteiger partial charge is 0.383 e. The highest BCUT2D eigenvalue weighted by atomic mass is 127. The van der Waals surface area contributed by atoms with E-state index in [1.165, 1.54) is 0 Å². The van der Waals surface area contributed by atoms with Crippen LogP contribution in [0.5, 0.6) is 0 Å². The van der Waals surface area contributed by atoms with Gasteiger partial charge >= 0.3 is 0 Å². The van der Waals surface area contributed by atoms with Crippen LogP contribution in [-0.2, 0) is 11.3 Å².